The summed E-state index contributed by atoms with van der Waals surface area (Å²) in [5, 5.41) is 0. The Labute approximate surface area is 158 Å². The Morgan fingerprint density at radius 1 is 1.14 bits per heavy atom. The molecule has 1 fully saturated rings. The molecule has 0 radical (unpaired) electrons. The van der Waals surface area contributed by atoms with Crippen molar-refractivity contribution in [3.05, 3.63) is 0 Å². The van der Waals surface area contributed by atoms with E-state index in [1.54, 1.807) is 0 Å². The molecular weight excluding hydrogens is 488 g/mol. The van der Waals surface area contributed by atoms with Crippen LogP contribution in [0, 0.1) is 5.92 Å². The molecule has 126 valence electrons. The lowest BCUT2D eigenvalue weighted by atomic mass is 9.71. The van der Waals surface area contributed by atoms with Gasteiger partial charge in [-0.05, 0) is 118 Å². The fourth-order valence-electron chi connectivity index (χ4n) is 3.73. The lowest BCUT2D eigenvalue weighted by Gasteiger charge is -2.54. The third-order valence-electron chi connectivity index (χ3n) is 5.24. The number of hydrogen-bond acceptors (Lipinski definition) is 3. The van der Waals surface area contributed by atoms with Crippen molar-refractivity contribution in [3.63, 3.8) is 0 Å². The molecule has 1 rings (SSSR count). The Balaban J connectivity index is 2.49. The Morgan fingerprint density at radius 3 is 2.05 bits per heavy atom. The highest BCUT2D eigenvalue weighted by atomic mass is 127. The summed E-state index contributed by atoms with van der Waals surface area (Å²) in [6.07, 6.45) is 6.96. The molecule has 1 saturated heterocycles. The SMILES string of the molecule is CN1C(C)(C)CC(C(N)CCCCC(N)(I)I)CC1(C)C. The van der Waals surface area contributed by atoms with Crippen molar-refractivity contribution in [3.8, 4) is 0 Å². The molecular formula is C16H33I2N3. The van der Waals surface area contributed by atoms with E-state index >= 15 is 0 Å². The smallest absolute Gasteiger partial charge is 0.120 e. The van der Waals surface area contributed by atoms with Crippen molar-refractivity contribution in [1.82, 2.24) is 4.90 Å². The van der Waals surface area contributed by atoms with Gasteiger partial charge in [0.15, 0.2) is 0 Å². The minimum absolute atomic E-state index is 0.100. The number of likely N-dealkylation sites (tertiary alicyclic amines) is 1. The average molecular weight is 521 g/mol. The Bertz CT molecular complexity index is 319. The Hall–Kier alpha value is 1.34. The van der Waals surface area contributed by atoms with Crippen LogP contribution in [0.25, 0.3) is 0 Å². The van der Waals surface area contributed by atoms with Crippen LogP contribution in [0.3, 0.4) is 0 Å². The van der Waals surface area contributed by atoms with Crippen molar-refractivity contribution in [2.45, 2.75) is 84.9 Å². The zero-order valence-electron chi connectivity index (χ0n) is 14.3. The van der Waals surface area contributed by atoms with Crippen molar-refractivity contribution in [1.29, 1.82) is 0 Å². The van der Waals surface area contributed by atoms with Crippen LogP contribution in [0.5, 0.6) is 0 Å². The van der Waals surface area contributed by atoms with Crippen LogP contribution in [0.2, 0.25) is 0 Å². The van der Waals surface area contributed by atoms with Crippen LogP contribution in [-0.2, 0) is 0 Å². The molecule has 5 heteroatoms. The van der Waals surface area contributed by atoms with E-state index in [9.17, 15) is 0 Å². The lowest BCUT2D eigenvalue weighted by Crippen LogP contribution is -2.60. The fourth-order valence-corrected chi connectivity index (χ4v) is 4.49. The first-order chi connectivity index (χ1) is 9.35. The van der Waals surface area contributed by atoms with Crippen LogP contribution in [0.1, 0.15) is 66.2 Å². The van der Waals surface area contributed by atoms with Gasteiger partial charge in [-0.3, -0.25) is 4.90 Å². The zero-order valence-corrected chi connectivity index (χ0v) is 18.6. The molecule has 4 N–H and O–H groups in total. The summed E-state index contributed by atoms with van der Waals surface area (Å²) in [4.78, 5) is 2.53. The van der Waals surface area contributed by atoms with Crippen LogP contribution >= 0.6 is 45.2 Å². The van der Waals surface area contributed by atoms with E-state index < -0.39 is 0 Å². The first kappa shape index (κ1) is 20.4. The number of alkyl halides is 2. The molecule has 0 saturated carbocycles. The van der Waals surface area contributed by atoms with Crippen molar-refractivity contribution in [2.24, 2.45) is 17.4 Å². The monoisotopic (exact) mass is 521 g/mol. The fraction of sp³-hybridized carbons (Fsp3) is 1.00. The van der Waals surface area contributed by atoms with Gasteiger partial charge in [0, 0.05) is 17.1 Å². The third-order valence-corrected chi connectivity index (χ3v) is 6.32. The maximum absolute atomic E-state index is 6.53. The summed E-state index contributed by atoms with van der Waals surface area (Å²) < 4.78 is -0.100. The molecule has 1 heterocycles. The first-order valence-corrected chi connectivity index (χ1v) is 10.2. The number of halogens is 2. The van der Waals surface area contributed by atoms with Gasteiger partial charge in [-0.2, -0.15) is 0 Å². The number of unbranched alkanes of at least 4 members (excludes halogenated alkanes) is 1. The first-order valence-electron chi connectivity index (χ1n) is 8.01. The molecule has 21 heavy (non-hydrogen) atoms. The molecule has 1 aliphatic heterocycles. The third kappa shape index (κ3) is 6.39. The van der Waals surface area contributed by atoms with Gasteiger partial charge in [-0.25, -0.2) is 0 Å². The molecule has 1 atom stereocenters. The molecule has 0 aliphatic carbocycles. The summed E-state index contributed by atoms with van der Waals surface area (Å²) in [6, 6.07) is 0.327. The number of nitrogens with two attached hydrogens (primary N) is 2. The van der Waals surface area contributed by atoms with Gasteiger partial charge >= 0.3 is 0 Å². The van der Waals surface area contributed by atoms with E-state index in [1.807, 2.05) is 0 Å². The molecule has 1 unspecified atom stereocenters. The standard InChI is InChI=1S/C16H33I2N3/c1-14(2)10-12(11-15(3,4)21(14)5)13(19)8-6-7-9-16(17,18)20/h12-13H,6-11,19-20H2,1-5H3. The average Bonchev–Trinajstić information content (AvgIpc) is 2.29. The number of hydrogen-bond donors (Lipinski definition) is 2. The Morgan fingerprint density at radius 2 is 1.62 bits per heavy atom. The van der Waals surface area contributed by atoms with Gasteiger partial charge in [0.2, 0.25) is 0 Å². The normalized spacial score (nSPS) is 25.0. The van der Waals surface area contributed by atoms with Gasteiger partial charge in [-0.1, -0.05) is 6.42 Å². The molecule has 0 spiro atoms. The van der Waals surface area contributed by atoms with E-state index in [2.05, 4.69) is 84.8 Å². The number of nitrogens with zero attached hydrogens (tertiary/aromatic N) is 1. The van der Waals surface area contributed by atoms with Crippen LogP contribution in [0.4, 0.5) is 0 Å². The minimum atomic E-state index is -0.100. The molecule has 0 bridgehead atoms. The summed E-state index contributed by atoms with van der Waals surface area (Å²) >= 11 is 4.63. The second-order valence-electron chi connectivity index (χ2n) is 8.02. The predicted octanol–water partition coefficient (Wildman–Crippen LogP) is 4.26. The van der Waals surface area contributed by atoms with Crippen molar-refractivity contribution in [2.75, 3.05) is 7.05 Å². The van der Waals surface area contributed by atoms with Gasteiger partial charge in [0.25, 0.3) is 0 Å². The summed E-state index contributed by atoms with van der Waals surface area (Å²) in [6.45, 7) is 9.40. The molecule has 0 aromatic heterocycles. The Kier molecular flexibility index (Phi) is 7.27. The van der Waals surface area contributed by atoms with Gasteiger partial charge in [0.1, 0.15) is 1.55 Å². The molecule has 1 aliphatic rings. The van der Waals surface area contributed by atoms with Crippen LogP contribution in [0.15, 0.2) is 0 Å². The topological polar surface area (TPSA) is 55.3 Å². The lowest BCUT2D eigenvalue weighted by molar-refractivity contribution is -0.0362. The van der Waals surface area contributed by atoms with Gasteiger partial charge < -0.3 is 11.5 Å². The number of piperidine rings is 1. The highest BCUT2D eigenvalue weighted by Gasteiger charge is 2.44. The maximum atomic E-state index is 6.53. The highest BCUT2D eigenvalue weighted by molar-refractivity contribution is 14.2. The second-order valence-corrected chi connectivity index (χ2v) is 13.9. The minimum Gasteiger partial charge on any atom is -0.327 e. The van der Waals surface area contributed by atoms with Crippen molar-refractivity contribution >= 4 is 45.2 Å². The van der Waals surface area contributed by atoms with E-state index in [0.717, 1.165) is 12.8 Å². The van der Waals surface area contributed by atoms with E-state index in [0.29, 0.717) is 12.0 Å². The summed E-state index contributed by atoms with van der Waals surface area (Å²) in [5.74, 6) is 0.632. The summed E-state index contributed by atoms with van der Waals surface area (Å²) in [7, 11) is 2.25. The van der Waals surface area contributed by atoms with Crippen LogP contribution in [-0.4, -0.2) is 30.6 Å². The van der Waals surface area contributed by atoms with E-state index in [1.165, 1.54) is 25.7 Å². The van der Waals surface area contributed by atoms with Crippen LogP contribution < -0.4 is 11.5 Å². The molecule has 0 aromatic carbocycles. The predicted molar refractivity (Wildman–Crippen MR) is 110 cm³/mol. The quantitative estimate of drug-likeness (QED) is 0.238. The van der Waals surface area contributed by atoms with E-state index in [4.69, 9.17) is 11.5 Å². The zero-order chi connectivity index (χ0) is 16.5. The highest BCUT2D eigenvalue weighted by Crippen LogP contribution is 2.41. The van der Waals surface area contributed by atoms with Gasteiger partial charge in [-0.15, -0.1) is 0 Å². The second kappa shape index (κ2) is 7.49. The summed E-state index contributed by atoms with van der Waals surface area (Å²) in [5.41, 5.74) is 13.0. The molecule has 0 aromatic rings. The molecule has 3 nitrogen and oxygen atoms in total. The maximum Gasteiger partial charge on any atom is 0.120 e. The largest absolute Gasteiger partial charge is 0.327 e. The van der Waals surface area contributed by atoms with Crippen molar-refractivity contribution < 1.29 is 0 Å². The van der Waals surface area contributed by atoms with E-state index in [-0.39, 0.29) is 12.6 Å². The molecule has 0 amide bonds. The van der Waals surface area contributed by atoms with Gasteiger partial charge in [0.05, 0.1) is 0 Å². The number of rotatable bonds is 6.